The molecule has 1 aromatic heterocycles. The predicted octanol–water partition coefficient (Wildman–Crippen LogP) is 5.66. The van der Waals surface area contributed by atoms with Gasteiger partial charge in [-0.15, -0.1) is 0 Å². The topological polar surface area (TPSA) is 56.5 Å². The molecule has 0 unspecified atom stereocenters. The molecule has 0 spiro atoms. The van der Waals surface area contributed by atoms with Crippen molar-refractivity contribution < 1.29 is 14.6 Å². The summed E-state index contributed by atoms with van der Waals surface area (Å²) in [7, 11) is 0. The van der Waals surface area contributed by atoms with Crippen LogP contribution in [0.5, 0.6) is 17.2 Å². The second-order valence-corrected chi connectivity index (χ2v) is 7.89. The number of hydrogen-bond acceptors (Lipinski definition) is 4. The van der Waals surface area contributed by atoms with Crippen molar-refractivity contribution in [1.82, 2.24) is 9.78 Å². The Morgan fingerprint density at radius 1 is 1.00 bits per heavy atom. The van der Waals surface area contributed by atoms with Gasteiger partial charge in [0.25, 0.3) is 0 Å². The van der Waals surface area contributed by atoms with Crippen LogP contribution in [0.4, 0.5) is 0 Å². The Hall–Kier alpha value is -3.31. The van der Waals surface area contributed by atoms with Gasteiger partial charge >= 0.3 is 0 Å². The van der Waals surface area contributed by atoms with Crippen LogP contribution in [0.15, 0.2) is 72.9 Å². The minimum Gasteiger partial charge on any atom is -0.493 e. The third-order valence-corrected chi connectivity index (χ3v) is 5.34. The maximum absolute atomic E-state index is 9.78. The third-order valence-electron chi connectivity index (χ3n) is 5.34. The van der Waals surface area contributed by atoms with Crippen molar-refractivity contribution in [2.75, 3.05) is 6.61 Å². The van der Waals surface area contributed by atoms with E-state index in [1.165, 1.54) is 12.8 Å². The van der Waals surface area contributed by atoms with Crippen LogP contribution in [0.25, 0.3) is 16.6 Å². The summed E-state index contributed by atoms with van der Waals surface area (Å²) >= 11 is 0. The Morgan fingerprint density at radius 2 is 1.80 bits per heavy atom. The number of fused-ring (bicyclic) bond motifs is 1. The zero-order chi connectivity index (χ0) is 20.5. The van der Waals surface area contributed by atoms with E-state index in [2.05, 4.69) is 5.10 Å². The van der Waals surface area contributed by atoms with E-state index < -0.39 is 6.10 Å². The first-order valence-electron chi connectivity index (χ1n) is 10.3. The summed E-state index contributed by atoms with van der Waals surface area (Å²) in [6.45, 7) is 2.54. The number of aliphatic hydroxyl groups is 1. The fraction of sp³-hybridized carbons (Fsp3) is 0.240. The molecule has 1 N–H and O–H groups in total. The standard InChI is InChI=1S/C25H24N2O3/c1-17(28)19-7-8-20-15-27(26-25(20)13-19)21-9-11-22(12-10-21)30-24-4-2-3-23(14-24)29-16-18-5-6-18/h2-4,7-15,17-18,28H,5-6,16H2,1H3/t17-/m1/s1. The maximum atomic E-state index is 9.78. The van der Waals surface area contributed by atoms with Gasteiger partial charge in [0.05, 0.1) is 23.9 Å². The number of hydrogen-bond donors (Lipinski definition) is 1. The number of benzene rings is 3. The van der Waals surface area contributed by atoms with Crippen LogP contribution >= 0.6 is 0 Å². The monoisotopic (exact) mass is 400 g/mol. The molecule has 5 nitrogen and oxygen atoms in total. The Kier molecular flexibility index (Phi) is 4.89. The van der Waals surface area contributed by atoms with Crippen molar-refractivity contribution >= 4 is 10.9 Å². The molecule has 0 aliphatic heterocycles. The van der Waals surface area contributed by atoms with E-state index in [9.17, 15) is 5.11 Å². The van der Waals surface area contributed by atoms with Crippen molar-refractivity contribution in [3.63, 3.8) is 0 Å². The average Bonchev–Trinajstić information content (AvgIpc) is 3.49. The lowest BCUT2D eigenvalue weighted by molar-refractivity contribution is 0.199. The van der Waals surface area contributed by atoms with E-state index in [1.807, 2.05) is 77.6 Å². The molecule has 3 aromatic carbocycles. The molecule has 4 aromatic rings. The highest BCUT2D eigenvalue weighted by Crippen LogP contribution is 2.31. The van der Waals surface area contributed by atoms with Crippen molar-refractivity contribution in [2.24, 2.45) is 5.92 Å². The highest BCUT2D eigenvalue weighted by atomic mass is 16.5. The Balaban J connectivity index is 1.30. The van der Waals surface area contributed by atoms with Crippen LogP contribution in [0.1, 0.15) is 31.4 Å². The fourth-order valence-electron chi connectivity index (χ4n) is 3.35. The Bertz CT molecular complexity index is 1160. The number of ether oxygens (including phenoxy) is 2. The van der Waals surface area contributed by atoms with Crippen LogP contribution in [0, 0.1) is 5.92 Å². The first-order valence-corrected chi connectivity index (χ1v) is 10.3. The highest BCUT2D eigenvalue weighted by Gasteiger charge is 2.21. The van der Waals surface area contributed by atoms with Crippen molar-refractivity contribution in [1.29, 1.82) is 0 Å². The number of aliphatic hydroxyl groups excluding tert-OH is 1. The second-order valence-electron chi connectivity index (χ2n) is 7.89. The largest absolute Gasteiger partial charge is 0.493 e. The molecule has 30 heavy (non-hydrogen) atoms. The van der Waals surface area contributed by atoms with Gasteiger partial charge in [-0.1, -0.05) is 18.2 Å². The number of aromatic nitrogens is 2. The van der Waals surface area contributed by atoms with Crippen LogP contribution < -0.4 is 9.47 Å². The third kappa shape index (κ3) is 4.16. The number of nitrogens with zero attached hydrogens (tertiary/aromatic N) is 2. The van der Waals surface area contributed by atoms with Crippen LogP contribution in [0.2, 0.25) is 0 Å². The average molecular weight is 400 g/mol. The Morgan fingerprint density at radius 3 is 2.57 bits per heavy atom. The molecule has 1 fully saturated rings. The van der Waals surface area contributed by atoms with E-state index in [-0.39, 0.29) is 0 Å². The molecular formula is C25H24N2O3. The SMILES string of the molecule is C[C@@H](O)c1ccc2cn(-c3ccc(Oc4cccc(OCC5CC5)c4)cc3)nc2c1. The van der Waals surface area contributed by atoms with Crippen molar-refractivity contribution in [3.05, 3.63) is 78.5 Å². The molecule has 1 heterocycles. The first-order chi connectivity index (χ1) is 14.6. The summed E-state index contributed by atoms with van der Waals surface area (Å²) in [6.07, 6.45) is 4.03. The lowest BCUT2D eigenvalue weighted by Gasteiger charge is -2.09. The lowest BCUT2D eigenvalue weighted by atomic mass is 10.1. The van der Waals surface area contributed by atoms with Gasteiger partial charge in [-0.2, -0.15) is 5.10 Å². The molecule has 0 saturated heterocycles. The molecule has 1 aliphatic rings. The van der Waals surface area contributed by atoms with Crippen molar-refractivity contribution in [3.8, 4) is 22.9 Å². The van der Waals surface area contributed by atoms with E-state index in [4.69, 9.17) is 9.47 Å². The van der Waals surface area contributed by atoms with E-state index in [0.29, 0.717) is 0 Å². The summed E-state index contributed by atoms with van der Waals surface area (Å²) in [5.41, 5.74) is 2.66. The second kappa shape index (κ2) is 7.84. The summed E-state index contributed by atoms with van der Waals surface area (Å²) in [5.74, 6) is 3.08. The quantitative estimate of drug-likeness (QED) is 0.435. The minimum atomic E-state index is -0.506. The Labute approximate surface area is 175 Å². The molecule has 0 amide bonds. The lowest BCUT2D eigenvalue weighted by Crippen LogP contribution is -1.98. The molecular weight excluding hydrogens is 376 g/mol. The van der Waals surface area contributed by atoms with E-state index in [1.54, 1.807) is 6.92 Å². The number of rotatable bonds is 7. The summed E-state index contributed by atoms with van der Waals surface area (Å²) in [5, 5.41) is 15.4. The van der Waals surface area contributed by atoms with E-state index in [0.717, 1.165) is 51.9 Å². The van der Waals surface area contributed by atoms with Gasteiger partial charge in [-0.25, -0.2) is 4.68 Å². The maximum Gasteiger partial charge on any atom is 0.131 e. The predicted molar refractivity (Wildman–Crippen MR) is 116 cm³/mol. The summed E-state index contributed by atoms with van der Waals surface area (Å²) < 4.78 is 13.7. The summed E-state index contributed by atoms with van der Waals surface area (Å²) in [4.78, 5) is 0. The molecule has 5 rings (SSSR count). The van der Waals surface area contributed by atoms with Crippen LogP contribution in [-0.4, -0.2) is 21.5 Å². The van der Waals surface area contributed by atoms with Gasteiger partial charge in [0, 0.05) is 17.6 Å². The van der Waals surface area contributed by atoms with Gasteiger partial charge in [0.2, 0.25) is 0 Å². The van der Waals surface area contributed by atoms with Crippen LogP contribution in [0.3, 0.4) is 0 Å². The molecule has 1 aliphatic carbocycles. The van der Waals surface area contributed by atoms with Gasteiger partial charge in [-0.05, 0) is 73.7 Å². The molecule has 5 heteroatoms. The van der Waals surface area contributed by atoms with Gasteiger partial charge in [0.1, 0.15) is 17.2 Å². The minimum absolute atomic E-state index is 0.506. The van der Waals surface area contributed by atoms with Crippen molar-refractivity contribution in [2.45, 2.75) is 25.9 Å². The first kappa shape index (κ1) is 18.7. The van der Waals surface area contributed by atoms with Crippen LogP contribution in [-0.2, 0) is 0 Å². The van der Waals surface area contributed by atoms with E-state index >= 15 is 0 Å². The van der Waals surface area contributed by atoms with Gasteiger partial charge < -0.3 is 14.6 Å². The molecule has 1 atom stereocenters. The molecule has 0 bridgehead atoms. The highest BCUT2D eigenvalue weighted by molar-refractivity contribution is 5.79. The summed E-state index contributed by atoms with van der Waals surface area (Å²) in [6, 6.07) is 21.4. The zero-order valence-corrected chi connectivity index (χ0v) is 16.9. The molecule has 0 radical (unpaired) electrons. The molecule has 1 saturated carbocycles. The van der Waals surface area contributed by atoms with Gasteiger partial charge in [0.15, 0.2) is 0 Å². The fourth-order valence-corrected chi connectivity index (χ4v) is 3.35. The molecule has 152 valence electrons. The normalized spacial score (nSPS) is 14.6. The zero-order valence-electron chi connectivity index (χ0n) is 16.9. The smallest absolute Gasteiger partial charge is 0.131 e. The van der Waals surface area contributed by atoms with Gasteiger partial charge in [-0.3, -0.25) is 0 Å².